The van der Waals surface area contributed by atoms with Gasteiger partial charge in [0, 0.05) is 6.20 Å². The SMILES string of the molecule is c1ccc2c(c1)[nH]c1[nH]c3ccncc3[n+]12. The minimum absolute atomic E-state index is 0.990. The number of nitrogens with one attached hydrogen (secondary N) is 2. The molecule has 1 aromatic carbocycles. The third kappa shape index (κ3) is 0.839. The molecule has 4 rings (SSSR count). The molecule has 3 aromatic heterocycles. The fourth-order valence-electron chi connectivity index (χ4n) is 2.21. The van der Waals surface area contributed by atoms with E-state index in [1.807, 2.05) is 24.4 Å². The first-order valence-corrected chi connectivity index (χ1v) is 5.18. The predicted octanol–water partition coefficient (Wildman–Crippen LogP) is 1.78. The molecular formula is C12H9N4+. The smallest absolute Gasteiger partial charge is 0.261 e. The molecule has 0 bridgehead atoms. The van der Waals surface area contributed by atoms with Crippen LogP contribution in [-0.2, 0) is 0 Å². The van der Waals surface area contributed by atoms with Crippen molar-refractivity contribution in [1.29, 1.82) is 0 Å². The molecule has 0 amide bonds. The number of pyridine rings is 1. The van der Waals surface area contributed by atoms with Crippen molar-refractivity contribution in [2.24, 2.45) is 0 Å². The van der Waals surface area contributed by atoms with E-state index in [-0.39, 0.29) is 0 Å². The Morgan fingerprint density at radius 3 is 2.69 bits per heavy atom. The van der Waals surface area contributed by atoms with Gasteiger partial charge >= 0.3 is 5.78 Å². The van der Waals surface area contributed by atoms with Crippen molar-refractivity contribution in [3.8, 4) is 0 Å². The summed E-state index contributed by atoms with van der Waals surface area (Å²) in [5.41, 5.74) is 4.47. The summed E-state index contributed by atoms with van der Waals surface area (Å²) < 4.78 is 2.15. The highest BCUT2D eigenvalue weighted by molar-refractivity contribution is 5.80. The van der Waals surface area contributed by atoms with Crippen LogP contribution in [0.25, 0.3) is 27.8 Å². The molecule has 16 heavy (non-hydrogen) atoms. The lowest BCUT2D eigenvalue weighted by atomic mass is 10.3. The summed E-state index contributed by atoms with van der Waals surface area (Å²) in [6.07, 6.45) is 3.67. The van der Waals surface area contributed by atoms with Gasteiger partial charge in [-0.3, -0.25) is 4.98 Å². The number of aromatic nitrogens is 4. The maximum absolute atomic E-state index is 4.17. The zero-order valence-electron chi connectivity index (χ0n) is 8.44. The second-order valence-corrected chi connectivity index (χ2v) is 3.84. The summed E-state index contributed by atoms with van der Waals surface area (Å²) in [4.78, 5) is 10.8. The number of aromatic amines is 2. The van der Waals surface area contributed by atoms with Crippen LogP contribution in [0.2, 0.25) is 0 Å². The Hall–Kier alpha value is -2.36. The number of benzene rings is 1. The average Bonchev–Trinajstić information content (AvgIpc) is 2.83. The fraction of sp³-hybridized carbons (Fsp3) is 0. The molecule has 0 radical (unpaired) electrons. The average molecular weight is 209 g/mol. The van der Waals surface area contributed by atoms with Gasteiger partial charge in [-0.25, -0.2) is 9.97 Å². The van der Waals surface area contributed by atoms with Crippen molar-refractivity contribution in [3.05, 3.63) is 42.7 Å². The van der Waals surface area contributed by atoms with E-state index in [0.717, 1.165) is 27.8 Å². The van der Waals surface area contributed by atoms with Crippen LogP contribution in [0, 0.1) is 0 Å². The zero-order valence-corrected chi connectivity index (χ0v) is 8.44. The zero-order chi connectivity index (χ0) is 10.5. The lowest BCUT2D eigenvalue weighted by molar-refractivity contribution is -0.449. The first-order valence-electron chi connectivity index (χ1n) is 5.18. The highest BCUT2D eigenvalue weighted by Gasteiger charge is 2.15. The van der Waals surface area contributed by atoms with Crippen molar-refractivity contribution in [1.82, 2.24) is 15.0 Å². The van der Waals surface area contributed by atoms with Crippen molar-refractivity contribution in [3.63, 3.8) is 0 Å². The molecule has 0 spiro atoms. The maximum atomic E-state index is 4.17. The molecule has 0 aliphatic rings. The molecule has 0 atom stereocenters. The Balaban J connectivity index is 2.38. The van der Waals surface area contributed by atoms with Crippen LogP contribution in [0.15, 0.2) is 42.7 Å². The Morgan fingerprint density at radius 1 is 0.938 bits per heavy atom. The highest BCUT2D eigenvalue weighted by atomic mass is 15.1. The van der Waals surface area contributed by atoms with Gasteiger partial charge in [0.05, 0.1) is 6.20 Å². The van der Waals surface area contributed by atoms with E-state index in [2.05, 4.69) is 31.5 Å². The van der Waals surface area contributed by atoms with Crippen molar-refractivity contribution in [2.45, 2.75) is 0 Å². The quantitative estimate of drug-likeness (QED) is 0.426. The molecule has 2 N–H and O–H groups in total. The topological polar surface area (TPSA) is 48.6 Å². The summed E-state index contributed by atoms with van der Waals surface area (Å²) in [5, 5.41) is 0. The largest absolute Gasteiger partial charge is 0.366 e. The normalized spacial score (nSPS) is 11.8. The van der Waals surface area contributed by atoms with Gasteiger partial charge in [0.15, 0.2) is 5.52 Å². The number of imidazole rings is 2. The molecule has 0 saturated heterocycles. The second-order valence-electron chi connectivity index (χ2n) is 3.84. The third-order valence-corrected chi connectivity index (χ3v) is 2.92. The van der Waals surface area contributed by atoms with E-state index in [4.69, 9.17) is 0 Å². The van der Waals surface area contributed by atoms with Gasteiger partial charge in [0.1, 0.15) is 16.6 Å². The van der Waals surface area contributed by atoms with E-state index < -0.39 is 0 Å². The molecule has 0 fully saturated rings. The summed E-state index contributed by atoms with van der Waals surface area (Å²) in [6, 6.07) is 10.2. The van der Waals surface area contributed by atoms with E-state index in [0.29, 0.717) is 0 Å². The fourth-order valence-corrected chi connectivity index (χ4v) is 2.21. The number of rotatable bonds is 0. The lowest BCUT2D eigenvalue weighted by Crippen LogP contribution is -2.17. The molecule has 4 aromatic rings. The van der Waals surface area contributed by atoms with Crippen LogP contribution < -0.4 is 4.40 Å². The second kappa shape index (κ2) is 2.61. The molecular weight excluding hydrogens is 200 g/mol. The van der Waals surface area contributed by atoms with Crippen LogP contribution in [0.5, 0.6) is 0 Å². The van der Waals surface area contributed by atoms with Gasteiger partial charge in [-0.15, -0.1) is 0 Å². The molecule has 0 saturated carbocycles. The number of hydrogen-bond acceptors (Lipinski definition) is 1. The van der Waals surface area contributed by atoms with Gasteiger partial charge in [0.2, 0.25) is 0 Å². The highest BCUT2D eigenvalue weighted by Crippen LogP contribution is 2.14. The number of para-hydroxylation sites is 2. The third-order valence-electron chi connectivity index (χ3n) is 2.92. The van der Waals surface area contributed by atoms with Crippen LogP contribution in [0.4, 0.5) is 0 Å². The van der Waals surface area contributed by atoms with Crippen LogP contribution in [0.3, 0.4) is 0 Å². The van der Waals surface area contributed by atoms with Crippen molar-refractivity contribution in [2.75, 3.05) is 0 Å². The first kappa shape index (κ1) is 7.87. The van der Waals surface area contributed by atoms with E-state index in [1.165, 1.54) is 0 Å². The van der Waals surface area contributed by atoms with Crippen molar-refractivity contribution >= 4 is 27.8 Å². The monoisotopic (exact) mass is 209 g/mol. The van der Waals surface area contributed by atoms with E-state index >= 15 is 0 Å². The van der Waals surface area contributed by atoms with Gasteiger partial charge < -0.3 is 0 Å². The van der Waals surface area contributed by atoms with E-state index in [9.17, 15) is 0 Å². The Kier molecular flexibility index (Phi) is 1.28. The number of H-pyrrole nitrogens is 2. The van der Waals surface area contributed by atoms with Crippen LogP contribution in [0.1, 0.15) is 0 Å². The standard InChI is InChI=1S/C12H8N4/c1-2-4-10-8(3-1)14-12-15-9-5-6-13-7-11(9)16(10)12/h1-7H,(H,13,14,15)/p+1. The van der Waals surface area contributed by atoms with Crippen molar-refractivity contribution < 1.29 is 4.40 Å². The minimum atomic E-state index is 0.990. The minimum Gasteiger partial charge on any atom is -0.261 e. The summed E-state index contributed by atoms with van der Waals surface area (Å²) in [6.45, 7) is 0. The molecule has 4 heteroatoms. The number of nitrogens with zero attached hydrogens (tertiary/aromatic N) is 2. The summed E-state index contributed by atoms with van der Waals surface area (Å²) >= 11 is 0. The number of hydrogen-bond donors (Lipinski definition) is 2. The molecule has 4 nitrogen and oxygen atoms in total. The van der Waals surface area contributed by atoms with Crippen LogP contribution >= 0.6 is 0 Å². The first-order chi connectivity index (χ1) is 7.93. The Bertz CT molecular complexity index is 744. The van der Waals surface area contributed by atoms with Gasteiger partial charge in [0.25, 0.3) is 0 Å². The molecule has 3 heterocycles. The Labute approximate surface area is 90.6 Å². The van der Waals surface area contributed by atoms with Crippen LogP contribution in [-0.4, -0.2) is 15.0 Å². The van der Waals surface area contributed by atoms with Gasteiger partial charge in [-0.1, -0.05) is 12.1 Å². The van der Waals surface area contributed by atoms with E-state index in [1.54, 1.807) is 6.20 Å². The molecule has 76 valence electrons. The summed E-state index contributed by atoms with van der Waals surface area (Å²) in [7, 11) is 0. The lowest BCUT2D eigenvalue weighted by Gasteiger charge is -1.86. The Morgan fingerprint density at radius 2 is 1.75 bits per heavy atom. The molecule has 0 unspecified atom stereocenters. The van der Waals surface area contributed by atoms with Gasteiger partial charge in [-0.05, 0) is 18.2 Å². The van der Waals surface area contributed by atoms with Gasteiger partial charge in [-0.2, -0.15) is 4.40 Å². The molecule has 0 aliphatic carbocycles. The molecule has 0 aliphatic heterocycles. The maximum Gasteiger partial charge on any atom is 0.366 e. The predicted molar refractivity (Wildman–Crippen MR) is 61.1 cm³/mol. The number of fused-ring (bicyclic) bond motifs is 5. The summed E-state index contributed by atoms with van der Waals surface area (Å²) in [5.74, 6) is 0.990.